The van der Waals surface area contributed by atoms with Crippen LogP contribution >= 0.6 is 0 Å². The zero-order valence-corrected chi connectivity index (χ0v) is 9.96. The van der Waals surface area contributed by atoms with E-state index < -0.39 is 5.41 Å². The van der Waals surface area contributed by atoms with E-state index in [1.54, 1.807) is 6.92 Å². The Labute approximate surface area is 90.9 Å². The third-order valence-electron chi connectivity index (χ3n) is 2.28. The van der Waals surface area contributed by atoms with Crippen LogP contribution in [0.15, 0.2) is 0 Å². The Balaban J connectivity index is 3.78. The Morgan fingerprint density at radius 3 is 2.20 bits per heavy atom. The van der Waals surface area contributed by atoms with Gasteiger partial charge in [0.1, 0.15) is 6.61 Å². The highest BCUT2D eigenvalue weighted by molar-refractivity contribution is 5.76. The molecule has 0 aromatic heterocycles. The molecule has 0 saturated heterocycles. The molecule has 0 rings (SSSR count). The van der Waals surface area contributed by atoms with E-state index in [9.17, 15) is 9.59 Å². The Morgan fingerprint density at radius 1 is 1.13 bits per heavy atom. The molecule has 88 valence electrons. The van der Waals surface area contributed by atoms with Gasteiger partial charge < -0.3 is 9.47 Å². The van der Waals surface area contributed by atoms with Gasteiger partial charge in [0.2, 0.25) is 0 Å². The van der Waals surface area contributed by atoms with Crippen molar-refractivity contribution in [3.8, 4) is 0 Å². The number of rotatable bonds is 6. The number of carbonyl (C=O) groups is 2. The molecular weight excluding hydrogens is 196 g/mol. The minimum Gasteiger partial charge on any atom is -0.466 e. The topological polar surface area (TPSA) is 52.6 Å². The Kier molecular flexibility index (Phi) is 5.97. The predicted molar refractivity (Wildman–Crippen MR) is 56.3 cm³/mol. The summed E-state index contributed by atoms with van der Waals surface area (Å²) >= 11 is 0. The maximum atomic E-state index is 11.5. The summed E-state index contributed by atoms with van der Waals surface area (Å²) in [6.07, 6.45) is 0.838. The standard InChI is InChI=1S/C11H20O4/c1-5-11(3,4)10(13)15-8-7-9(12)14-6-2/h5-8H2,1-4H3. The van der Waals surface area contributed by atoms with Gasteiger partial charge >= 0.3 is 11.9 Å². The molecule has 0 saturated carbocycles. The number of esters is 2. The molecular formula is C11H20O4. The van der Waals surface area contributed by atoms with E-state index in [0.717, 1.165) is 0 Å². The van der Waals surface area contributed by atoms with Gasteiger partial charge in [-0.2, -0.15) is 0 Å². The number of carbonyl (C=O) groups excluding carboxylic acids is 2. The summed E-state index contributed by atoms with van der Waals surface area (Å²) < 4.78 is 9.68. The van der Waals surface area contributed by atoms with Crippen molar-refractivity contribution < 1.29 is 19.1 Å². The van der Waals surface area contributed by atoms with Crippen LogP contribution in [0.3, 0.4) is 0 Å². The first kappa shape index (κ1) is 13.9. The molecule has 15 heavy (non-hydrogen) atoms. The van der Waals surface area contributed by atoms with Crippen LogP contribution in [-0.2, 0) is 19.1 Å². The summed E-state index contributed by atoms with van der Waals surface area (Å²) in [7, 11) is 0. The van der Waals surface area contributed by atoms with E-state index in [1.165, 1.54) is 0 Å². The number of ether oxygens (including phenoxy) is 2. The Bertz CT molecular complexity index is 221. The third kappa shape index (κ3) is 5.40. The first-order valence-electron chi connectivity index (χ1n) is 5.27. The van der Waals surface area contributed by atoms with Crippen LogP contribution < -0.4 is 0 Å². The van der Waals surface area contributed by atoms with Gasteiger partial charge in [0.15, 0.2) is 0 Å². The van der Waals surface area contributed by atoms with Crippen molar-refractivity contribution >= 4 is 11.9 Å². The lowest BCUT2D eigenvalue weighted by Crippen LogP contribution is -2.26. The van der Waals surface area contributed by atoms with Crippen LogP contribution in [0, 0.1) is 5.41 Å². The van der Waals surface area contributed by atoms with E-state index in [0.29, 0.717) is 13.0 Å². The zero-order valence-electron chi connectivity index (χ0n) is 9.96. The van der Waals surface area contributed by atoms with Crippen molar-refractivity contribution in [3.05, 3.63) is 0 Å². The quantitative estimate of drug-likeness (QED) is 0.636. The van der Waals surface area contributed by atoms with Crippen LogP contribution in [0.5, 0.6) is 0 Å². The van der Waals surface area contributed by atoms with Gasteiger partial charge in [0.25, 0.3) is 0 Å². The minimum atomic E-state index is -0.478. The molecule has 0 heterocycles. The molecule has 0 fully saturated rings. The van der Waals surface area contributed by atoms with Crippen molar-refractivity contribution in [3.63, 3.8) is 0 Å². The average Bonchev–Trinajstić information content (AvgIpc) is 2.18. The van der Waals surface area contributed by atoms with Crippen molar-refractivity contribution in [2.75, 3.05) is 13.2 Å². The second-order valence-electron chi connectivity index (χ2n) is 3.93. The first-order chi connectivity index (χ1) is 6.94. The summed E-state index contributed by atoms with van der Waals surface area (Å²) in [6.45, 7) is 7.75. The van der Waals surface area contributed by atoms with Crippen molar-refractivity contribution in [2.24, 2.45) is 5.41 Å². The fourth-order valence-electron chi connectivity index (χ4n) is 0.800. The molecule has 0 unspecified atom stereocenters. The summed E-state index contributed by atoms with van der Waals surface area (Å²) in [5, 5.41) is 0. The first-order valence-corrected chi connectivity index (χ1v) is 5.27. The highest BCUT2D eigenvalue weighted by atomic mass is 16.5. The van der Waals surface area contributed by atoms with Gasteiger partial charge in [0.05, 0.1) is 18.4 Å². The van der Waals surface area contributed by atoms with Gasteiger partial charge in [-0.15, -0.1) is 0 Å². The van der Waals surface area contributed by atoms with Crippen molar-refractivity contribution in [1.82, 2.24) is 0 Å². The lowest BCUT2D eigenvalue weighted by molar-refractivity contribution is -0.156. The van der Waals surface area contributed by atoms with Gasteiger partial charge in [-0.25, -0.2) is 0 Å². The molecule has 0 aliphatic carbocycles. The molecule has 0 aromatic carbocycles. The summed E-state index contributed by atoms with van der Waals surface area (Å²) in [5.74, 6) is -0.603. The summed E-state index contributed by atoms with van der Waals surface area (Å²) in [5.41, 5.74) is -0.478. The van der Waals surface area contributed by atoms with Crippen LogP contribution in [0.2, 0.25) is 0 Å². The van der Waals surface area contributed by atoms with E-state index >= 15 is 0 Å². The van der Waals surface area contributed by atoms with E-state index in [1.807, 2.05) is 20.8 Å². The fourth-order valence-corrected chi connectivity index (χ4v) is 0.800. The normalized spacial score (nSPS) is 10.9. The molecule has 0 aromatic rings. The smallest absolute Gasteiger partial charge is 0.311 e. The fraction of sp³-hybridized carbons (Fsp3) is 0.818. The van der Waals surface area contributed by atoms with Crippen LogP contribution in [-0.4, -0.2) is 25.2 Å². The van der Waals surface area contributed by atoms with Crippen molar-refractivity contribution in [1.29, 1.82) is 0 Å². The van der Waals surface area contributed by atoms with Gasteiger partial charge in [0, 0.05) is 0 Å². The van der Waals surface area contributed by atoms with Gasteiger partial charge in [-0.3, -0.25) is 9.59 Å². The second kappa shape index (κ2) is 6.43. The third-order valence-corrected chi connectivity index (χ3v) is 2.28. The Morgan fingerprint density at radius 2 is 1.73 bits per heavy atom. The minimum absolute atomic E-state index is 0.0983. The summed E-state index contributed by atoms with van der Waals surface area (Å²) in [4.78, 5) is 22.4. The number of hydrogen-bond donors (Lipinski definition) is 0. The van der Waals surface area contributed by atoms with Crippen molar-refractivity contribution in [2.45, 2.75) is 40.5 Å². The SMILES string of the molecule is CCOC(=O)CCOC(=O)C(C)(C)CC. The molecule has 0 N–H and O–H groups in total. The van der Waals surface area contributed by atoms with Gasteiger partial charge in [-0.05, 0) is 27.2 Å². The lowest BCUT2D eigenvalue weighted by Gasteiger charge is -2.19. The maximum Gasteiger partial charge on any atom is 0.311 e. The largest absolute Gasteiger partial charge is 0.466 e. The van der Waals surface area contributed by atoms with Gasteiger partial charge in [-0.1, -0.05) is 6.92 Å². The lowest BCUT2D eigenvalue weighted by atomic mass is 9.91. The molecule has 0 aliphatic heterocycles. The second-order valence-corrected chi connectivity index (χ2v) is 3.93. The molecule has 4 heteroatoms. The molecule has 0 aliphatic rings. The Hall–Kier alpha value is -1.06. The highest BCUT2D eigenvalue weighted by Gasteiger charge is 2.26. The van der Waals surface area contributed by atoms with Crippen LogP contribution in [0.4, 0.5) is 0 Å². The molecule has 0 atom stereocenters. The van der Waals surface area contributed by atoms with Crippen LogP contribution in [0.1, 0.15) is 40.5 Å². The molecule has 0 radical (unpaired) electrons. The van der Waals surface area contributed by atoms with E-state index in [-0.39, 0.29) is 25.0 Å². The average molecular weight is 216 g/mol. The zero-order chi connectivity index (χ0) is 11.9. The monoisotopic (exact) mass is 216 g/mol. The maximum absolute atomic E-state index is 11.5. The highest BCUT2D eigenvalue weighted by Crippen LogP contribution is 2.21. The van der Waals surface area contributed by atoms with E-state index in [4.69, 9.17) is 9.47 Å². The molecule has 0 amide bonds. The molecule has 0 spiro atoms. The number of hydrogen-bond acceptors (Lipinski definition) is 4. The summed E-state index contributed by atoms with van der Waals surface area (Å²) in [6, 6.07) is 0. The molecule has 0 bridgehead atoms. The molecule has 4 nitrogen and oxygen atoms in total. The van der Waals surface area contributed by atoms with Crippen LogP contribution in [0.25, 0.3) is 0 Å². The van der Waals surface area contributed by atoms with E-state index in [2.05, 4.69) is 0 Å². The predicted octanol–water partition coefficient (Wildman–Crippen LogP) is 1.92.